The third-order valence-electron chi connectivity index (χ3n) is 4.47. The van der Waals surface area contributed by atoms with Crippen molar-refractivity contribution in [2.45, 2.75) is 33.0 Å². The molecule has 1 unspecified atom stereocenters. The highest BCUT2D eigenvalue weighted by atomic mass is 19.4. The summed E-state index contributed by atoms with van der Waals surface area (Å²) in [5.41, 5.74) is 1.40. The first-order chi connectivity index (χ1) is 16.1. The Hall–Kier alpha value is -3.01. The zero-order chi connectivity index (χ0) is 26.3. The number of piperazine rings is 1. The topological polar surface area (TPSA) is 64.8 Å². The van der Waals surface area contributed by atoms with E-state index in [1.54, 1.807) is 18.2 Å². The van der Waals surface area contributed by atoms with Gasteiger partial charge in [-0.05, 0) is 19.1 Å². The molecule has 0 spiro atoms. The maximum Gasteiger partial charge on any atom is 0.401 e. The monoisotopic (exact) mass is 485 g/mol. The molecule has 10 heteroatoms. The molecule has 34 heavy (non-hydrogen) atoms. The summed E-state index contributed by atoms with van der Waals surface area (Å²) in [6.45, 7) is 11.9. The second-order valence-electron chi connectivity index (χ2n) is 7.27. The number of rotatable bonds is 5. The largest absolute Gasteiger partial charge is 0.423 e. The van der Waals surface area contributed by atoms with Crippen LogP contribution in [0.2, 0.25) is 0 Å². The first-order valence-corrected chi connectivity index (χ1v) is 11.1. The van der Waals surface area contributed by atoms with Crippen LogP contribution in [-0.4, -0.2) is 80.6 Å². The summed E-state index contributed by atoms with van der Waals surface area (Å²) >= 11 is 0. The van der Waals surface area contributed by atoms with Crippen molar-refractivity contribution in [3.05, 3.63) is 49.3 Å². The second-order valence-corrected chi connectivity index (χ2v) is 7.27. The molecule has 3 rings (SSSR count). The maximum atomic E-state index is 12.5. The Bertz CT molecular complexity index is 868. The number of para-hydroxylation sites is 1. The van der Waals surface area contributed by atoms with Gasteiger partial charge < -0.3 is 19.5 Å². The van der Waals surface area contributed by atoms with Crippen LogP contribution >= 0.6 is 0 Å². The number of hydrogen-bond acceptors (Lipinski definition) is 7. The maximum absolute atomic E-state index is 12.5. The number of benzene rings is 1. The summed E-state index contributed by atoms with van der Waals surface area (Å²) in [6.07, 6.45) is 0.331. The predicted octanol–water partition coefficient (Wildman–Crippen LogP) is 4.78. The van der Waals surface area contributed by atoms with Crippen LogP contribution in [0.25, 0.3) is 11.1 Å². The molecular formula is C24H38F3N5O2. The van der Waals surface area contributed by atoms with Gasteiger partial charge >= 0.3 is 6.18 Å². The smallest absolute Gasteiger partial charge is 0.401 e. The Morgan fingerprint density at radius 2 is 1.91 bits per heavy atom. The number of halogens is 3. The predicted molar refractivity (Wildman–Crippen MR) is 133 cm³/mol. The third kappa shape index (κ3) is 10.3. The highest BCUT2D eigenvalue weighted by Crippen LogP contribution is 2.27. The van der Waals surface area contributed by atoms with Gasteiger partial charge in [-0.3, -0.25) is 9.69 Å². The minimum absolute atomic E-state index is 0.168. The lowest BCUT2D eigenvalue weighted by Crippen LogP contribution is -2.54. The Labute approximate surface area is 200 Å². The van der Waals surface area contributed by atoms with Gasteiger partial charge in [-0.15, -0.1) is 13.2 Å². The van der Waals surface area contributed by atoms with E-state index in [9.17, 15) is 18.0 Å². The quantitative estimate of drug-likeness (QED) is 0.483. The molecule has 1 aliphatic heterocycles. The molecule has 1 atom stereocenters. The number of anilines is 1. The molecule has 7 nitrogen and oxygen atoms in total. The standard InChI is InChI=1S/C15H16F3N3O2.C5H12N2.C2H6.C2H4/c1-10-7-20(9-15(16,17)18)5-6-21(10)14-19-13-11(8-22)3-2-4-12(13)23-14;1-6-4-5-7(2)3;2*1-2/h2-4,8,10H,5-7,9H2,1H3;4-6H,1-3H3;1-2H3;1-2H2. The second kappa shape index (κ2) is 15.8. The average molecular weight is 486 g/mol. The molecule has 0 radical (unpaired) electrons. The third-order valence-corrected chi connectivity index (χ3v) is 4.47. The Morgan fingerprint density at radius 1 is 1.26 bits per heavy atom. The Kier molecular flexibility index (Phi) is 14.4. The number of carbonyl (C=O) groups excluding carboxylic acids is 1. The molecule has 0 amide bonds. The van der Waals surface area contributed by atoms with Crippen LogP contribution in [0.4, 0.5) is 19.2 Å². The van der Waals surface area contributed by atoms with E-state index in [4.69, 9.17) is 4.42 Å². The number of oxazole rings is 1. The minimum Gasteiger partial charge on any atom is -0.423 e. The zero-order valence-corrected chi connectivity index (χ0v) is 21.0. The van der Waals surface area contributed by atoms with Crippen LogP contribution in [0, 0.1) is 0 Å². The molecular weight excluding hydrogens is 447 g/mol. The molecule has 1 aliphatic rings. The summed E-state index contributed by atoms with van der Waals surface area (Å²) < 4.78 is 43.1. The number of nitrogens with zero attached hydrogens (tertiary/aromatic N) is 4. The van der Waals surface area contributed by atoms with Gasteiger partial charge in [0.2, 0.25) is 0 Å². The van der Waals surface area contributed by atoms with Gasteiger partial charge in [0.1, 0.15) is 5.52 Å². The lowest BCUT2D eigenvalue weighted by molar-refractivity contribution is -0.147. The zero-order valence-electron chi connectivity index (χ0n) is 21.0. The lowest BCUT2D eigenvalue weighted by atomic mass is 10.2. The van der Waals surface area contributed by atoms with Crippen LogP contribution < -0.4 is 10.2 Å². The summed E-state index contributed by atoms with van der Waals surface area (Å²) in [4.78, 5) is 20.6. The molecule has 192 valence electrons. The number of aromatic nitrogens is 1. The fraction of sp³-hybridized carbons (Fsp3) is 0.500. The molecule has 2 heterocycles. The van der Waals surface area contributed by atoms with Crippen molar-refractivity contribution in [2.75, 3.05) is 52.2 Å². The average Bonchev–Trinajstić information content (AvgIpc) is 3.24. The highest BCUT2D eigenvalue weighted by Gasteiger charge is 2.35. The SMILES string of the molecule is C=C.CC.CC1CN(CC(F)(F)F)CCN1c1nc2c(C=O)cccc2o1.CNC=CN(C)C. The molecule has 0 bridgehead atoms. The molecule has 2 aromatic rings. The number of fused-ring (bicyclic) bond motifs is 1. The Morgan fingerprint density at radius 3 is 2.38 bits per heavy atom. The summed E-state index contributed by atoms with van der Waals surface area (Å²) in [5.74, 6) is 0. The number of hydrogen-bond donors (Lipinski definition) is 1. The van der Waals surface area contributed by atoms with Gasteiger partial charge in [0.25, 0.3) is 6.01 Å². The number of carbonyl (C=O) groups is 1. The molecule has 1 aromatic heterocycles. The van der Waals surface area contributed by atoms with Crippen LogP contribution in [0.15, 0.2) is 48.2 Å². The Balaban J connectivity index is 0.000000844. The van der Waals surface area contributed by atoms with E-state index in [2.05, 4.69) is 23.5 Å². The summed E-state index contributed by atoms with van der Waals surface area (Å²) in [5, 5.41) is 2.88. The molecule has 1 N–H and O–H groups in total. The highest BCUT2D eigenvalue weighted by molar-refractivity contribution is 5.93. The van der Waals surface area contributed by atoms with E-state index in [0.29, 0.717) is 35.5 Å². The summed E-state index contributed by atoms with van der Waals surface area (Å²) in [6, 6.07) is 5.23. The van der Waals surface area contributed by atoms with Gasteiger partial charge in [0, 0.05) is 64.8 Å². The molecule has 1 fully saturated rings. The molecule has 1 saturated heterocycles. The van der Waals surface area contributed by atoms with Crippen molar-refractivity contribution in [2.24, 2.45) is 0 Å². The summed E-state index contributed by atoms with van der Waals surface area (Å²) in [7, 11) is 5.84. The van der Waals surface area contributed by atoms with Crippen molar-refractivity contribution in [3.63, 3.8) is 0 Å². The van der Waals surface area contributed by atoms with E-state index < -0.39 is 12.7 Å². The first kappa shape index (κ1) is 31.0. The van der Waals surface area contributed by atoms with Crippen molar-refractivity contribution in [1.29, 1.82) is 0 Å². The van der Waals surface area contributed by atoms with Crippen LogP contribution in [-0.2, 0) is 0 Å². The van der Waals surface area contributed by atoms with Crippen LogP contribution in [0.5, 0.6) is 0 Å². The fourth-order valence-corrected chi connectivity index (χ4v) is 3.11. The molecule has 1 aromatic carbocycles. The fourth-order valence-electron chi connectivity index (χ4n) is 3.11. The van der Waals surface area contributed by atoms with E-state index in [0.717, 1.165) is 0 Å². The minimum atomic E-state index is -4.20. The first-order valence-electron chi connectivity index (χ1n) is 11.1. The van der Waals surface area contributed by atoms with Gasteiger partial charge in [0.15, 0.2) is 11.9 Å². The van der Waals surface area contributed by atoms with Gasteiger partial charge in [-0.1, -0.05) is 19.9 Å². The van der Waals surface area contributed by atoms with E-state index in [1.807, 2.05) is 64.1 Å². The van der Waals surface area contributed by atoms with Gasteiger partial charge in [-0.25, -0.2) is 0 Å². The molecule has 0 saturated carbocycles. The molecule has 0 aliphatic carbocycles. The van der Waals surface area contributed by atoms with Gasteiger partial charge in [-0.2, -0.15) is 18.2 Å². The van der Waals surface area contributed by atoms with Crippen molar-refractivity contribution in [1.82, 2.24) is 20.1 Å². The number of nitrogens with one attached hydrogen (secondary N) is 1. The normalized spacial score (nSPS) is 15.9. The number of aldehydes is 1. The van der Waals surface area contributed by atoms with Crippen LogP contribution in [0.1, 0.15) is 31.1 Å². The van der Waals surface area contributed by atoms with Crippen LogP contribution in [0.3, 0.4) is 0 Å². The van der Waals surface area contributed by atoms with Gasteiger partial charge in [0.05, 0.1) is 6.54 Å². The van der Waals surface area contributed by atoms with E-state index in [1.165, 1.54) is 4.90 Å². The van der Waals surface area contributed by atoms with E-state index >= 15 is 0 Å². The number of alkyl halides is 3. The van der Waals surface area contributed by atoms with Crippen molar-refractivity contribution >= 4 is 23.4 Å². The van der Waals surface area contributed by atoms with Crippen molar-refractivity contribution < 1.29 is 22.4 Å². The van der Waals surface area contributed by atoms with E-state index in [-0.39, 0.29) is 19.1 Å². The van der Waals surface area contributed by atoms with Crippen molar-refractivity contribution in [3.8, 4) is 0 Å². The lowest BCUT2D eigenvalue weighted by Gasteiger charge is -2.39.